The van der Waals surface area contributed by atoms with Crippen LogP contribution in [0.2, 0.25) is 0 Å². The highest BCUT2D eigenvalue weighted by atomic mass is 79.9. The number of nitrogens with zero attached hydrogens (tertiary/aromatic N) is 1. The molecular weight excluding hydrogens is 408 g/mol. The number of rotatable bonds is 11. The molecule has 1 aromatic carbocycles. The second kappa shape index (κ2) is 12.7. The second-order valence-corrected chi connectivity index (χ2v) is 7.48. The summed E-state index contributed by atoms with van der Waals surface area (Å²) in [5, 5.41) is 18.7. The van der Waals surface area contributed by atoms with E-state index in [4.69, 9.17) is 4.99 Å². The number of benzene rings is 1. The summed E-state index contributed by atoms with van der Waals surface area (Å²) in [6, 6.07) is 7.27. The summed E-state index contributed by atoms with van der Waals surface area (Å²) in [7, 11) is 0. The molecule has 0 aliphatic carbocycles. The molecule has 1 rings (SSSR count). The largest absolute Gasteiger partial charge is 0.396 e. The van der Waals surface area contributed by atoms with Gasteiger partial charge in [-0.1, -0.05) is 29.8 Å². The van der Waals surface area contributed by atoms with Crippen LogP contribution >= 0.6 is 15.9 Å². The maximum atomic E-state index is 12.1. The van der Waals surface area contributed by atoms with Crippen LogP contribution in [0.1, 0.15) is 50.4 Å². The lowest BCUT2D eigenvalue weighted by Gasteiger charge is -2.29. The van der Waals surface area contributed by atoms with Gasteiger partial charge in [0, 0.05) is 42.8 Å². The number of aliphatic imine (C=N–C) groups is 1. The van der Waals surface area contributed by atoms with Crippen LogP contribution in [0.15, 0.2) is 33.7 Å². The SMILES string of the molecule is CCNC(=NCC(CC)(CC)CCO)NCCNC(=O)c1ccc(Br)cc1. The summed E-state index contributed by atoms with van der Waals surface area (Å²) in [6.45, 7) is 9.02. The van der Waals surface area contributed by atoms with Crippen molar-refractivity contribution in [3.8, 4) is 0 Å². The Labute approximate surface area is 171 Å². The lowest BCUT2D eigenvalue weighted by atomic mass is 9.79. The van der Waals surface area contributed by atoms with Crippen molar-refractivity contribution in [2.45, 2.75) is 40.0 Å². The van der Waals surface area contributed by atoms with Crippen molar-refractivity contribution in [2.24, 2.45) is 10.4 Å². The Balaban J connectivity index is 2.51. The van der Waals surface area contributed by atoms with Crippen LogP contribution in [0.4, 0.5) is 0 Å². The van der Waals surface area contributed by atoms with Gasteiger partial charge in [-0.3, -0.25) is 9.79 Å². The smallest absolute Gasteiger partial charge is 0.251 e. The molecule has 0 fully saturated rings. The third-order valence-electron chi connectivity index (χ3n) is 4.87. The van der Waals surface area contributed by atoms with E-state index in [2.05, 4.69) is 45.7 Å². The molecule has 0 saturated heterocycles. The van der Waals surface area contributed by atoms with Crippen LogP contribution in [0.3, 0.4) is 0 Å². The van der Waals surface area contributed by atoms with E-state index < -0.39 is 0 Å². The van der Waals surface area contributed by atoms with E-state index in [1.165, 1.54) is 0 Å². The predicted molar refractivity (Wildman–Crippen MR) is 115 cm³/mol. The van der Waals surface area contributed by atoms with Crippen LogP contribution in [0.5, 0.6) is 0 Å². The number of aliphatic hydroxyl groups is 1. The van der Waals surface area contributed by atoms with Crippen molar-refractivity contribution in [1.29, 1.82) is 0 Å². The fourth-order valence-electron chi connectivity index (χ4n) is 2.79. The standard InChI is InChI=1S/C20H33BrN4O2/c1-4-20(5-2,11-14-26)15-25-19(22-6-3)24-13-12-23-18(27)16-7-9-17(21)10-8-16/h7-10,26H,4-6,11-15H2,1-3H3,(H,23,27)(H2,22,24,25). The Bertz CT molecular complexity index is 586. The number of nitrogens with one attached hydrogen (secondary N) is 3. The summed E-state index contributed by atoms with van der Waals surface area (Å²) in [4.78, 5) is 16.8. The highest BCUT2D eigenvalue weighted by Gasteiger charge is 2.25. The summed E-state index contributed by atoms with van der Waals surface area (Å²) in [5.74, 6) is 0.643. The second-order valence-electron chi connectivity index (χ2n) is 6.57. The third-order valence-corrected chi connectivity index (χ3v) is 5.40. The van der Waals surface area contributed by atoms with Crippen molar-refractivity contribution < 1.29 is 9.90 Å². The molecule has 7 heteroatoms. The molecule has 152 valence electrons. The lowest BCUT2D eigenvalue weighted by molar-refractivity contribution is 0.0954. The molecule has 0 aromatic heterocycles. The number of carbonyl (C=O) groups is 1. The number of amides is 1. The lowest BCUT2D eigenvalue weighted by Crippen LogP contribution is -2.42. The van der Waals surface area contributed by atoms with E-state index in [0.29, 0.717) is 25.2 Å². The van der Waals surface area contributed by atoms with Crippen molar-refractivity contribution >= 4 is 27.8 Å². The number of aliphatic hydroxyl groups excluding tert-OH is 1. The van der Waals surface area contributed by atoms with Crippen LogP contribution in [0.25, 0.3) is 0 Å². The van der Waals surface area contributed by atoms with E-state index in [1.807, 2.05) is 19.1 Å². The first-order valence-corrected chi connectivity index (χ1v) is 10.5. The topological polar surface area (TPSA) is 85.8 Å². The van der Waals surface area contributed by atoms with Gasteiger partial charge in [0.1, 0.15) is 0 Å². The molecule has 0 atom stereocenters. The van der Waals surface area contributed by atoms with E-state index in [0.717, 1.165) is 36.2 Å². The molecule has 27 heavy (non-hydrogen) atoms. The molecule has 0 bridgehead atoms. The molecule has 6 nitrogen and oxygen atoms in total. The zero-order chi connectivity index (χ0) is 20.1. The molecule has 0 spiro atoms. The van der Waals surface area contributed by atoms with E-state index in [9.17, 15) is 9.90 Å². The van der Waals surface area contributed by atoms with Gasteiger partial charge >= 0.3 is 0 Å². The molecule has 0 aliphatic rings. The summed E-state index contributed by atoms with van der Waals surface area (Å²) in [5.41, 5.74) is 0.672. The third kappa shape index (κ3) is 8.30. The normalized spacial score (nSPS) is 12.0. The van der Waals surface area contributed by atoms with Crippen LogP contribution in [-0.4, -0.2) is 49.8 Å². The maximum absolute atomic E-state index is 12.1. The molecule has 0 aliphatic heterocycles. The zero-order valence-electron chi connectivity index (χ0n) is 16.6. The van der Waals surface area contributed by atoms with Gasteiger partial charge in [-0.25, -0.2) is 0 Å². The number of hydrogen-bond acceptors (Lipinski definition) is 3. The van der Waals surface area contributed by atoms with Crippen LogP contribution < -0.4 is 16.0 Å². The Hall–Kier alpha value is -1.60. The minimum atomic E-state index is -0.0924. The highest BCUT2D eigenvalue weighted by molar-refractivity contribution is 9.10. The molecule has 0 heterocycles. The minimum Gasteiger partial charge on any atom is -0.396 e. The van der Waals surface area contributed by atoms with Crippen molar-refractivity contribution in [1.82, 2.24) is 16.0 Å². The molecule has 4 N–H and O–H groups in total. The van der Waals surface area contributed by atoms with Gasteiger partial charge in [-0.15, -0.1) is 0 Å². The first-order chi connectivity index (χ1) is 13.0. The minimum absolute atomic E-state index is 0.0346. The predicted octanol–water partition coefficient (Wildman–Crippen LogP) is 2.92. The highest BCUT2D eigenvalue weighted by Crippen LogP contribution is 2.30. The van der Waals surface area contributed by atoms with E-state index in [-0.39, 0.29) is 17.9 Å². The average molecular weight is 441 g/mol. The van der Waals surface area contributed by atoms with Crippen LogP contribution in [0, 0.1) is 5.41 Å². The molecule has 0 radical (unpaired) electrons. The van der Waals surface area contributed by atoms with Gasteiger partial charge in [0.2, 0.25) is 0 Å². The Morgan fingerprint density at radius 2 is 1.70 bits per heavy atom. The van der Waals surface area contributed by atoms with Gasteiger partial charge in [0.05, 0.1) is 0 Å². The number of guanidine groups is 1. The fourth-order valence-corrected chi connectivity index (χ4v) is 3.06. The Kier molecular flexibility index (Phi) is 11.0. The monoisotopic (exact) mass is 440 g/mol. The zero-order valence-corrected chi connectivity index (χ0v) is 18.2. The molecule has 1 aromatic rings. The number of carbonyl (C=O) groups excluding carboxylic acids is 1. The Morgan fingerprint density at radius 3 is 2.26 bits per heavy atom. The molecular formula is C20H33BrN4O2. The quantitative estimate of drug-likeness (QED) is 0.242. The van der Waals surface area contributed by atoms with Gasteiger partial charge in [0.15, 0.2) is 5.96 Å². The van der Waals surface area contributed by atoms with Crippen molar-refractivity contribution in [2.75, 3.05) is 32.8 Å². The summed E-state index contributed by atoms with van der Waals surface area (Å²) >= 11 is 3.36. The van der Waals surface area contributed by atoms with E-state index in [1.54, 1.807) is 12.1 Å². The van der Waals surface area contributed by atoms with Gasteiger partial charge in [-0.05, 0) is 55.9 Å². The van der Waals surface area contributed by atoms with Gasteiger partial charge in [-0.2, -0.15) is 0 Å². The molecule has 1 amide bonds. The average Bonchev–Trinajstić information content (AvgIpc) is 2.68. The van der Waals surface area contributed by atoms with Crippen molar-refractivity contribution in [3.63, 3.8) is 0 Å². The van der Waals surface area contributed by atoms with Gasteiger partial charge in [0.25, 0.3) is 5.91 Å². The first kappa shape index (κ1) is 23.4. The summed E-state index contributed by atoms with van der Waals surface area (Å²) in [6.07, 6.45) is 2.72. The van der Waals surface area contributed by atoms with E-state index >= 15 is 0 Å². The Morgan fingerprint density at radius 1 is 1.07 bits per heavy atom. The number of hydrogen-bond donors (Lipinski definition) is 4. The fraction of sp³-hybridized carbons (Fsp3) is 0.600. The molecule has 0 unspecified atom stereocenters. The van der Waals surface area contributed by atoms with Crippen LogP contribution in [-0.2, 0) is 0 Å². The molecule has 0 saturated carbocycles. The van der Waals surface area contributed by atoms with Crippen molar-refractivity contribution in [3.05, 3.63) is 34.3 Å². The van der Waals surface area contributed by atoms with Gasteiger partial charge < -0.3 is 21.1 Å². The maximum Gasteiger partial charge on any atom is 0.251 e. The first-order valence-electron chi connectivity index (χ1n) is 9.67. The number of halogens is 1. The summed E-state index contributed by atoms with van der Waals surface area (Å²) < 4.78 is 0.948.